The topological polar surface area (TPSA) is 18.5 Å². The SMILES string of the molecule is C.CCCCCCCCCc1ccc(OPOC)c(CCCCCCCCC)c1. The maximum absolute atomic E-state index is 5.84. The zero-order valence-corrected chi connectivity index (χ0v) is 19.9. The highest BCUT2D eigenvalue weighted by molar-refractivity contribution is 7.26. The minimum absolute atomic E-state index is 0. The number of rotatable bonds is 19. The van der Waals surface area contributed by atoms with E-state index in [2.05, 4.69) is 32.0 Å². The second kappa shape index (κ2) is 20.7. The molecule has 1 aromatic carbocycles. The van der Waals surface area contributed by atoms with Gasteiger partial charge in [0.25, 0.3) is 0 Å². The van der Waals surface area contributed by atoms with E-state index in [1.807, 2.05) is 0 Å². The van der Waals surface area contributed by atoms with Crippen LogP contribution in [0.3, 0.4) is 0 Å². The van der Waals surface area contributed by atoms with Gasteiger partial charge in [-0.3, -0.25) is 0 Å². The van der Waals surface area contributed by atoms with Gasteiger partial charge >= 0.3 is 0 Å². The van der Waals surface area contributed by atoms with Crippen molar-refractivity contribution in [1.82, 2.24) is 0 Å². The van der Waals surface area contributed by atoms with Gasteiger partial charge < -0.3 is 9.05 Å². The molecule has 0 radical (unpaired) electrons. The summed E-state index contributed by atoms with van der Waals surface area (Å²) in [5.74, 6) is 1.02. The molecule has 1 aromatic rings. The van der Waals surface area contributed by atoms with Crippen molar-refractivity contribution in [2.75, 3.05) is 7.11 Å². The van der Waals surface area contributed by atoms with Crippen molar-refractivity contribution in [3.8, 4) is 5.75 Å². The van der Waals surface area contributed by atoms with Crippen LogP contribution in [-0.2, 0) is 17.4 Å². The van der Waals surface area contributed by atoms with Crippen LogP contribution in [0.1, 0.15) is 122 Å². The molecule has 0 aliphatic heterocycles. The van der Waals surface area contributed by atoms with Crippen LogP contribution in [0, 0.1) is 0 Å². The third-order valence-corrected chi connectivity index (χ3v) is 5.95. The molecule has 0 aromatic heterocycles. The Morgan fingerprint density at radius 1 is 0.690 bits per heavy atom. The van der Waals surface area contributed by atoms with Crippen molar-refractivity contribution in [1.29, 1.82) is 0 Å². The molecule has 2 nitrogen and oxygen atoms in total. The first-order valence-electron chi connectivity index (χ1n) is 11.9. The molecular formula is C26H49O2P. The number of aryl methyl sites for hydroxylation is 2. The van der Waals surface area contributed by atoms with E-state index < -0.39 is 0 Å². The fourth-order valence-electron chi connectivity index (χ4n) is 3.73. The fourth-order valence-corrected chi connectivity index (χ4v) is 4.10. The predicted molar refractivity (Wildman–Crippen MR) is 133 cm³/mol. The Hall–Kier alpha value is -0.590. The van der Waals surface area contributed by atoms with Crippen molar-refractivity contribution in [2.24, 2.45) is 0 Å². The Morgan fingerprint density at radius 2 is 1.21 bits per heavy atom. The third kappa shape index (κ3) is 14.9. The second-order valence-corrected chi connectivity index (χ2v) is 8.85. The molecule has 1 atom stereocenters. The van der Waals surface area contributed by atoms with Crippen molar-refractivity contribution in [3.05, 3.63) is 29.3 Å². The molecule has 0 fully saturated rings. The zero-order chi connectivity index (χ0) is 20.3. The molecule has 0 saturated carbocycles. The average Bonchev–Trinajstić information content (AvgIpc) is 2.71. The minimum Gasteiger partial charge on any atom is -0.449 e. The van der Waals surface area contributed by atoms with Gasteiger partial charge in [0.05, 0.1) is 0 Å². The van der Waals surface area contributed by atoms with Gasteiger partial charge in [0.1, 0.15) is 5.75 Å². The van der Waals surface area contributed by atoms with Gasteiger partial charge in [-0.1, -0.05) is 110 Å². The summed E-state index contributed by atoms with van der Waals surface area (Å²) in [5, 5.41) is 0. The lowest BCUT2D eigenvalue weighted by molar-refractivity contribution is 0.415. The van der Waals surface area contributed by atoms with E-state index >= 15 is 0 Å². The Morgan fingerprint density at radius 3 is 1.76 bits per heavy atom. The quantitative estimate of drug-likeness (QED) is 0.163. The first-order chi connectivity index (χ1) is 13.8. The third-order valence-electron chi connectivity index (χ3n) is 5.48. The highest BCUT2D eigenvalue weighted by atomic mass is 31.1. The van der Waals surface area contributed by atoms with Gasteiger partial charge in [0.15, 0.2) is 0 Å². The summed E-state index contributed by atoms with van der Waals surface area (Å²) in [5.41, 5.74) is 2.85. The molecule has 29 heavy (non-hydrogen) atoms. The zero-order valence-electron chi connectivity index (χ0n) is 18.9. The molecule has 0 saturated heterocycles. The lowest BCUT2D eigenvalue weighted by atomic mass is 9.99. The minimum atomic E-state index is 0. The number of benzene rings is 1. The van der Waals surface area contributed by atoms with Gasteiger partial charge in [0, 0.05) is 7.11 Å². The molecule has 0 aliphatic carbocycles. The highest BCUT2D eigenvalue weighted by Gasteiger charge is 2.06. The standard InChI is InChI=1S/C25H45O2P.CH4/c1-4-6-8-10-12-14-16-18-23-20-21-25(27-28-26-3)24(22-23)19-17-15-13-11-9-7-5-2;/h20-22,28H,4-19H2,1-3H3;1H4. The monoisotopic (exact) mass is 424 g/mol. The molecule has 0 heterocycles. The van der Waals surface area contributed by atoms with Crippen molar-refractivity contribution in [2.45, 2.75) is 124 Å². The van der Waals surface area contributed by atoms with Crippen LogP contribution in [0.15, 0.2) is 18.2 Å². The van der Waals surface area contributed by atoms with Crippen LogP contribution in [0.5, 0.6) is 5.75 Å². The maximum atomic E-state index is 5.84. The molecule has 0 amide bonds. The van der Waals surface area contributed by atoms with Gasteiger partial charge in [-0.05, 0) is 42.9 Å². The Labute approximate surface area is 184 Å². The van der Waals surface area contributed by atoms with E-state index in [1.54, 1.807) is 7.11 Å². The van der Waals surface area contributed by atoms with Crippen molar-refractivity contribution < 1.29 is 9.05 Å². The maximum Gasteiger partial charge on any atom is 0.215 e. The lowest BCUT2D eigenvalue weighted by Crippen LogP contribution is -1.95. The molecule has 0 aliphatic rings. The van der Waals surface area contributed by atoms with Gasteiger partial charge in [0.2, 0.25) is 9.03 Å². The molecule has 1 rings (SSSR count). The van der Waals surface area contributed by atoms with Crippen molar-refractivity contribution >= 4 is 9.03 Å². The normalized spacial score (nSPS) is 11.1. The van der Waals surface area contributed by atoms with Gasteiger partial charge in [-0.2, -0.15) is 0 Å². The van der Waals surface area contributed by atoms with E-state index in [0.29, 0.717) is 0 Å². The second-order valence-electron chi connectivity index (χ2n) is 8.07. The van der Waals surface area contributed by atoms with E-state index in [0.717, 1.165) is 12.2 Å². The van der Waals surface area contributed by atoms with E-state index in [-0.39, 0.29) is 16.5 Å². The average molecular weight is 425 g/mol. The number of unbranched alkanes of at least 4 members (excludes halogenated alkanes) is 12. The number of hydrogen-bond acceptors (Lipinski definition) is 2. The molecule has 0 N–H and O–H groups in total. The molecule has 0 spiro atoms. The summed E-state index contributed by atoms with van der Waals surface area (Å²) < 4.78 is 11.0. The Balaban J connectivity index is 0.00000784. The summed E-state index contributed by atoms with van der Waals surface area (Å²) in [6, 6.07) is 6.81. The molecule has 0 bridgehead atoms. The first kappa shape index (κ1) is 28.4. The van der Waals surface area contributed by atoms with Crippen LogP contribution in [0.4, 0.5) is 0 Å². The predicted octanol–water partition coefficient (Wildman–Crippen LogP) is 9.44. The van der Waals surface area contributed by atoms with Gasteiger partial charge in [-0.15, -0.1) is 0 Å². The number of hydrogen-bond donors (Lipinski definition) is 0. The summed E-state index contributed by atoms with van der Waals surface area (Å²) in [4.78, 5) is 0. The molecule has 170 valence electrons. The van der Waals surface area contributed by atoms with Crippen LogP contribution in [-0.4, -0.2) is 7.11 Å². The largest absolute Gasteiger partial charge is 0.449 e. The van der Waals surface area contributed by atoms with Crippen LogP contribution < -0.4 is 4.52 Å². The van der Waals surface area contributed by atoms with Crippen molar-refractivity contribution in [3.63, 3.8) is 0 Å². The van der Waals surface area contributed by atoms with E-state index in [9.17, 15) is 0 Å². The summed E-state index contributed by atoms with van der Waals surface area (Å²) >= 11 is 0. The summed E-state index contributed by atoms with van der Waals surface area (Å²) in [7, 11) is 1.79. The van der Waals surface area contributed by atoms with Crippen LogP contribution >= 0.6 is 9.03 Å². The molecular weight excluding hydrogens is 375 g/mol. The van der Waals surface area contributed by atoms with E-state index in [1.165, 1.54) is 107 Å². The summed E-state index contributed by atoms with van der Waals surface area (Å²) in [6.45, 7) is 4.56. The van der Waals surface area contributed by atoms with E-state index in [4.69, 9.17) is 9.05 Å². The first-order valence-corrected chi connectivity index (χ1v) is 12.7. The van der Waals surface area contributed by atoms with Gasteiger partial charge in [-0.25, -0.2) is 0 Å². The molecule has 1 unspecified atom stereocenters. The Kier molecular flexibility index (Phi) is 20.3. The van der Waals surface area contributed by atoms with Crippen LogP contribution in [0.2, 0.25) is 0 Å². The fraction of sp³-hybridized carbons (Fsp3) is 0.769. The smallest absolute Gasteiger partial charge is 0.215 e. The highest BCUT2D eigenvalue weighted by Crippen LogP contribution is 2.28. The lowest BCUT2D eigenvalue weighted by Gasteiger charge is -2.12. The summed E-state index contributed by atoms with van der Waals surface area (Å²) in [6.07, 6.45) is 21.4. The van der Waals surface area contributed by atoms with Crippen LogP contribution in [0.25, 0.3) is 0 Å². The Bertz CT molecular complexity index is 476. The molecule has 3 heteroatoms.